The zero-order valence-corrected chi connectivity index (χ0v) is 15.9. The van der Waals surface area contributed by atoms with E-state index in [1.807, 2.05) is 12.1 Å². The standard InChI is InChI=1S/C18H27N3O.2ClH/c1-14-4-2-3-11-21(14)13-15-5-7-17(8-6-15)20-18(22)16-9-10-19-12-16;;/h5-8,14,16,19H,2-4,9-13H2,1H3,(H,20,22);2*1H. The van der Waals surface area contributed by atoms with Gasteiger partial charge < -0.3 is 10.6 Å². The topological polar surface area (TPSA) is 44.4 Å². The van der Waals surface area contributed by atoms with E-state index in [2.05, 4.69) is 34.6 Å². The first kappa shape index (κ1) is 21.2. The number of amides is 1. The number of carbonyl (C=O) groups excluding carboxylic acids is 1. The van der Waals surface area contributed by atoms with Gasteiger partial charge in [0, 0.05) is 24.8 Å². The fourth-order valence-electron chi connectivity index (χ4n) is 3.44. The normalized spacial score (nSPS) is 23.9. The Kier molecular flexibility index (Phi) is 9.06. The van der Waals surface area contributed by atoms with E-state index in [-0.39, 0.29) is 36.6 Å². The number of hydrogen-bond acceptors (Lipinski definition) is 3. The van der Waals surface area contributed by atoms with Crippen LogP contribution in [0.1, 0.15) is 38.2 Å². The van der Waals surface area contributed by atoms with Crippen LogP contribution in [0, 0.1) is 5.92 Å². The van der Waals surface area contributed by atoms with Crippen molar-refractivity contribution in [1.82, 2.24) is 10.2 Å². The molecule has 1 aromatic rings. The molecule has 2 saturated heterocycles. The van der Waals surface area contributed by atoms with Crippen molar-refractivity contribution in [2.24, 2.45) is 5.92 Å². The fraction of sp³-hybridized carbons (Fsp3) is 0.611. The molecule has 0 spiro atoms. The smallest absolute Gasteiger partial charge is 0.228 e. The van der Waals surface area contributed by atoms with Gasteiger partial charge in [-0.25, -0.2) is 0 Å². The average molecular weight is 374 g/mol. The first-order chi connectivity index (χ1) is 10.7. The van der Waals surface area contributed by atoms with Gasteiger partial charge in [0.15, 0.2) is 0 Å². The van der Waals surface area contributed by atoms with E-state index in [0.29, 0.717) is 6.04 Å². The van der Waals surface area contributed by atoms with Crippen molar-refractivity contribution >= 4 is 36.4 Å². The van der Waals surface area contributed by atoms with Gasteiger partial charge in [-0.05, 0) is 57.0 Å². The van der Waals surface area contributed by atoms with E-state index in [1.165, 1.54) is 31.4 Å². The van der Waals surface area contributed by atoms with Crippen LogP contribution in [0.2, 0.25) is 0 Å². The summed E-state index contributed by atoms with van der Waals surface area (Å²) in [6.45, 7) is 6.29. The molecular weight excluding hydrogens is 345 g/mol. The van der Waals surface area contributed by atoms with Crippen LogP contribution >= 0.6 is 24.8 Å². The van der Waals surface area contributed by atoms with Gasteiger partial charge in [0.1, 0.15) is 0 Å². The number of halogens is 2. The van der Waals surface area contributed by atoms with Gasteiger partial charge in [0.2, 0.25) is 5.91 Å². The highest BCUT2D eigenvalue weighted by atomic mass is 35.5. The molecule has 2 aliphatic heterocycles. The number of rotatable bonds is 4. The number of nitrogens with zero attached hydrogens (tertiary/aromatic N) is 1. The highest BCUT2D eigenvalue weighted by molar-refractivity contribution is 5.92. The highest BCUT2D eigenvalue weighted by Crippen LogP contribution is 2.20. The number of benzene rings is 1. The van der Waals surface area contributed by atoms with E-state index in [0.717, 1.165) is 31.7 Å². The zero-order valence-electron chi connectivity index (χ0n) is 14.3. The Bertz CT molecular complexity index is 503. The van der Waals surface area contributed by atoms with Crippen molar-refractivity contribution in [3.8, 4) is 0 Å². The average Bonchev–Trinajstić information content (AvgIpc) is 3.06. The summed E-state index contributed by atoms with van der Waals surface area (Å²) in [7, 11) is 0. The maximum atomic E-state index is 12.1. The van der Waals surface area contributed by atoms with Crippen molar-refractivity contribution in [3.05, 3.63) is 29.8 Å². The Morgan fingerprint density at radius 3 is 2.58 bits per heavy atom. The predicted octanol–water partition coefficient (Wildman–Crippen LogP) is 3.45. The van der Waals surface area contributed by atoms with Crippen LogP contribution in [-0.4, -0.2) is 36.5 Å². The third kappa shape index (κ3) is 5.62. The summed E-state index contributed by atoms with van der Waals surface area (Å²) in [4.78, 5) is 14.7. The Labute approximate surface area is 157 Å². The lowest BCUT2D eigenvalue weighted by Gasteiger charge is -2.33. The van der Waals surface area contributed by atoms with Crippen LogP contribution in [0.5, 0.6) is 0 Å². The molecule has 4 nitrogen and oxygen atoms in total. The van der Waals surface area contributed by atoms with E-state index < -0.39 is 0 Å². The quantitative estimate of drug-likeness (QED) is 0.849. The van der Waals surface area contributed by atoms with Crippen LogP contribution in [0.4, 0.5) is 5.69 Å². The van der Waals surface area contributed by atoms with Gasteiger partial charge in [-0.15, -0.1) is 24.8 Å². The molecule has 3 rings (SSSR count). The van der Waals surface area contributed by atoms with E-state index in [4.69, 9.17) is 0 Å². The van der Waals surface area contributed by atoms with Crippen molar-refractivity contribution in [1.29, 1.82) is 0 Å². The molecule has 0 bridgehead atoms. The minimum Gasteiger partial charge on any atom is -0.326 e. The summed E-state index contributed by atoms with van der Waals surface area (Å²) in [5, 5.41) is 6.26. The molecule has 0 saturated carbocycles. The zero-order chi connectivity index (χ0) is 15.4. The maximum absolute atomic E-state index is 12.1. The molecular formula is C18H29Cl2N3O. The molecule has 0 radical (unpaired) electrons. The number of hydrogen-bond donors (Lipinski definition) is 2. The van der Waals surface area contributed by atoms with Crippen LogP contribution in [0.3, 0.4) is 0 Å². The molecule has 2 aliphatic rings. The monoisotopic (exact) mass is 373 g/mol. The molecule has 2 N–H and O–H groups in total. The molecule has 24 heavy (non-hydrogen) atoms. The van der Waals surface area contributed by atoms with Gasteiger partial charge >= 0.3 is 0 Å². The summed E-state index contributed by atoms with van der Waals surface area (Å²) in [6, 6.07) is 9.03. The number of carbonyl (C=O) groups is 1. The fourth-order valence-corrected chi connectivity index (χ4v) is 3.44. The lowest BCUT2D eigenvalue weighted by Crippen LogP contribution is -2.36. The molecule has 0 aliphatic carbocycles. The molecule has 2 unspecified atom stereocenters. The summed E-state index contributed by atoms with van der Waals surface area (Å²) >= 11 is 0. The van der Waals surface area contributed by atoms with Gasteiger partial charge in [0.25, 0.3) is 0 Å². The molecule has 2 atom stereocenters. The molecule has 1 amide bonds. The van der Waals surface area contributed by atoms with Gasteiger partial charge in [-0.2, -0.15) is 0 Å². The Morgan fingerprint density at radius 1 is 1.21 bits per heavy atom. The Balaban J connectivity index is 0.00000144. The van der Waals surface area contributed by atoms with Gasteiger partial charge in [-0.3, -0.25) is 9.69 Å². The Hall–Kier alpha value is -0.810. The first-order valence-electron chi connectivity index (χ1n) is 8.57. The lowest BCUT2D eigenvalue weighted by atomic mass is 10.0. The first-order valence-corrected chi connectivity index (χ1v) is 8.57. The molecule has 2 fully saturated rings. The molecule has 1 aromatic carbocycles. The summed E-state index contributed by atoms with van der Waals surface area (Å²) in [5.41, 5.74) is 2.24. The SMILES string of the molecule is CC1CCCCN1Cc1ccc(NC(=O)C2CCNC2)cc1.Cl.Cl. The number of likely N-dealkylation sites (tertiary alicyclic amines) is 1. The number of nitrogens with one attached hydrogen (secondary N) is 2. The summed E-state index contributed by atoms with van der Waals surface area (Å²) < 4.78 is 0. The van der Waals surface area contributed by atoms with Crippen LogP contribution in [0.25, 0.3) is 0 Å². The summed E-state index contributed by atoms with van der Waals surface area (Å²) in [6.07, 6.45) is 4.92. The van der Waals surface area contributed by atoms with Crippen molar-refractivity contribution in [2.45, 2.75) is 45.2 Å². The predicted molar refractivity (Wildman–Crippen MR) is 104 cm³/mol. The van der Waals surface area contributed by atoms with Crippen LogP contribution < -0.4 is 10.6 Å². The second kappa shape index (κ2) is 10.2. The second-order valence-corrected chi connectivity index (χ2v) is 6.69. The van der Waals surface area contributed by atoms with Gasteiger partial charge in [0.05, 0.1) is 5.92 Å². The molecule has 136 valence electrons. The van der Waals surface area contributed by atoms with Crippen molar-refractivity contribution < 1.29 is 4.79 Å². The third-order valence-electron chi connectivity index (χ3n) is 4.98. The highest BCUT2D eigenvalue weighted by Gasteiger charge is 2.22. The maximum Gasteiger partial charge on any atom is 0.228 e. The number of anilines is 1. The summed E-state index contributed by atoms with van der Waals surface area (Å²) in [5.74, 6) is 0.260. The number of piperidine rings is 1. The van der Waals surface area contributed by atoms with Crippen molar-refractivity contribution in [3.63, 3.8) is 0 Å². The van der Waals surface area contributed by atoms with Gasteiger partial charge in [-0.1, -0.05) is 18.6 Å². The van der Waals surface area contributed by atoms with Crippen LogP contribution in [-0.2, 0) is 11.3 Å². The van der Waals surface area contributed by atoms with E-state index in [1.54, 1.807) is 0 Å². The minimum absolute atomic E-state index is 0. The van der Waals surface area contributed by atoms with E-state index in [9.17, 15) is 4.79 Å². The molecule has 0 aromatic heterocycles. The molecule has 2 heterocycles. The van der Waals surface area contributed by atoms with Crippen LogP contribution in [0.15, 0.2) is 24.3 Å². The van der Waals surface area contributed by atoms with E-state index >= 15 is 0 Å². The third-order valence-corrected chi connectivity index (χ3v) is 4.98. The van der Waals surface area contributed by atoms with Crippen molar-refractivity contribution in [2.75, 3.05) is 25.0 Å². The second-order valence-electron chi connectivity index (χ2n) is 6.69. The largest absolute Gasteiger partial charge is 0.326 e. The Morgan fingerprint density at radius 2 is 1.96 bits per heavy atom. The lowest BCUT2D eigenvalue weighted by molar-refractivity contribution is -0.119. The molecule has 6 heteroatoms. The minimum atomic E-state index is 0.